The van der Waals surface area contributed by atoms with E-state index in [-0.39, 0.29) is 21.6 Å². The Kier molecular flexibility index (Phi) is 4.74. The molecule has 0 saturated carbocycles. The van der Waals surface area contributed by atoms with Gasteiger partial charge in [0.05, 0.1) is 11.3 Å². The summed E-state index contributed by atoms with van der Waals surface area (Å²) in [5.74, 6) is -1.37. The highest BCUT2D eigenvalue weighted by Crippen LogP contribution is 2.45. The Hall–Kier alpha value is -3.53. The van der Waals surface area contributed by atoms with Crippen LogP contribution in [0.3, 0.4) is 0 Å². The van der Waals surface area contributed by atoms with Crippen LogP contribution >= 0.6 is 11.8 Å². The van der Waals surface area contributed by atoms with E-state index < -0.39 is 44.8 Å². The van der Waals surface area contributed by atoms with Crippen LogP contribution in [0.15, 0.2) is 72.3 Å². The van der Waals surface area contributed by atoms with E-state index in [4.69, 9.17) is 4.42 Å². The average molecular weight is 489 g/mol. The summed E-state index contributed by atoms with van der Waals surface area (Å²) in [5.41, 5.74) is -3.06. The van der Waals surface area contributed by atoms with Gasteiger partial charge in [0.15, 0.2) is 5.75 Å². The van der Waals surface area contributed by atoms with Crippen LogP contribution in [-0.2, 0) is 11.6 Å². The number of benzene rings is 2. The average Bonchev–Trinajstić information content (AvgIpc) is 2.98. The molecule has 0 amide bonds. The predicted octanol–water partition coefficient (Wildman–Crippen LogP) is 5.60. The Morgan fingerprint density at radius 2 is 1.76 bits per heavy atom. The number of aromatic hydroxyl groups is 1. The quantitative estimate of drug-likeness (QED) is 0.371. The largest absolute Gasteiger partial charge is 0.505 e. The minimum atomic E-state index is -4.62. The summed E-state index contributed by atoms with van der Waals surface area (Å²) < 4.78 is 60.6. The van der Waals surface area contributed by atoms with Crippen molar-refractivity contribution in [2.75, 3.05) is 0 Å². The third-order valence-corrected chi connectivity index (χ3v) is 7.06. The molecule has 0 aliphatic carbocycles. The molecular weight excluding hydrogens is 474 g/mol. The summed E-state index contributed by atoms with van der Waals surface area (Å²) in [6.07, 6.45) is -4.62. The van der Waals surface area contributed by atoms with E-state index in [2.05, 4.69) is 0 Å². The van der Waals surface area contributed by atoms with Crippen LogP contribution in [0.1, 0.15) is 30.7 Å². The summed E-state index contributed by atoms with van der Waals surface area (Å²) >= 11 is 0.587. The maximum absolute atomic E-state index is 14.1. The van der Waals surface area contributed by atoms with Crippen molar-refractivity contribution < 1.29 is 27.1 Å². The lowest BCUT2D eigenvalue weighted by Gasteiger charge is -2.20. The van der Waals surface area contributed by atoms with Gasteiger partial charge in [0, 0.05) is 22.1 Å². The number of aromatic nitrogens is 1. The molecule has 5 nitrogen and oxygen atoms in total. The monoisotopic (exact) mass is 489 g/mol. The molecule has 1 aliphatic rings. The third-order valence-electron chi connectivity index (χ3n) is 5.94. The second-order valence-corrected chi connectivity index (χ2v) is 9.42. The zero-order chi connectivity index (χ0) is 24.6. The van der Waals surface area contributed by atoms with Gasteiger partial charge in [-0.15, -0.1) is 0 Å². The first-order valence-corrected chi connectivity index (χ1v) is 10.8. The molecule has 0 spiro atoms. The normalized spacial score (nSPS) is 14.3. The lowest BCUT2D eigenvalue weighted by atomic mass is 9.83. The number of nitrogens with zero attached hydrogens (tertiary/aromatic N) is 1. The maximum Gasteiger partial charge on any atom is 0.416 e. The molecule has 0 bridgehead atoms. The van der Waals surface area contributed by atoms with E-state index >= 15 is 0 Å². The number of fused-ring (bicyclic) bond motifs is 4. The van der Waals surface area contributed by atoms with Gasteiger partial charge in [0.2, 0.25) is 0 Å². The molecule has 34 heavy (non-hydrogen) atoms. The molecule has 5 rings (SSSR count). The van der Waals surface area contributed by atoms with Gasteiger partial charge in [-0.05, 0) is 29.8 Å². The van der Waals surface area contributed by atoms with Crippen LogP contribution in [0.4, 0.5) is 17.6 Å². The molecular formula is C24H15F4NO4S. The zero-order valence-electron chi connectivity index (χ0n) is 17.7. The number of halogens is 4. The summed E-state index contributed by atoms with van der Waals surface area (Å²) in [5, 5.41) is 10.5. The van der Waals surface area contributed by atoms with E-state index in [1.807, 2.05) is 0 Å². The molecule has 4 aromatic rings. The molecule has 0 fully saturated rings. The van der Waals surface area contributed by atoms with Crippen molar-refractivity contribution in [2.24, 2.45) is 0 Å². The van der Waals surface area contributed by atoms with Crippen LogP contribution < -0.4 is 11.2 Å². The van der Waals surface area contributed by atoms with Crippen molar-refractivity contribution in [3.8, 4) is 11.4 Å². The summed E-state index contributed by atoms with van der Waals surface area (Å²) in [4.78, 5) is 25.7. The van der Waals surface area contributed by atoms with Gasteiger partial charge in [0.1, 0.15) is 21.7 Å². The second kappa shape index (κ2) is 7.23. The summed E-state index contributed by atoms with van der Waals surface area (Å²) in [6.45, 7) is 3.45. The fourth-order valence-electron chi connectivity index (χ4n) is 4.23. The van der Waals surface area contributed by atoms with Crippen molar-refractivity contribution in [2.45, 2.75) is 35.2 Å². The molecule has 1 N–H and O–H groups in total. The highest BCUT2D eigenvalue weighted by atomic mass is 32.2. The molecule has 1 aliphatic heterocycles. The first-order chi connectivity index (χ1) is 15.9. The fraction of sp³-hybridized carbons (Fsp3) is 0.167. The van der Waals surface area contributed by atoms with Gasteiger partial charge < -0.3 is 9.52 Å². The first-order valence-electron chi connectivity index (χ1n) is 10.0. The van der Waals surface area contributed by atoms with Crippen LogP contribution in [0, 0.1) is 5.82 Å². The molecule has 0 unspecified atom stereocenters. The van der Waals surface area contributed by atoms with Gasteiger partial charge in [-0.3, -0.25) is 9.36 Å². The molecule has 2 aromatic heterocycles. The number of hydrogen-bond donors (Lipinski definition) is 1. The van der Waals surface area contributed by atoms with Crippen molar-refractivity contribution in [1.82, 2.24) is 4.57 Å². The predicted molar refractivity (Wildman–Crippen MR) is 117 cm³/mol. The van der Waals surface area contributed by atoms with Crippen LogP contribution in [-0.4, -0.2) is 9.67 Å². The highest BCUT2D eigenvalue weighted by Gasteiger charge is 2.40. The number of pyridine rings is 1. The number of rotatable bonds is 2. The minimum absolute atomic E-state index is 0.0204. The first kappa shape index (κ1) is 22.3. The Morgan fingerprint density at radius 1 is 1.06 bits per heavy atom. The smallest absolute Gasteiger partial charge is 0.416 e. The Morgan fingerprint density at radius 3 is 2.44 bits per heavy atom. The SMILES string of the molecule is CC1(C)c2ccc(C(F)(F)F)cc2-n2c1cc1oc(=O)c(Sc3ccccc3F)c(O)c1c2=O. The van der Waals surface area contributed by atoms with Crippen LogP contribution in [0.25, 0.3) is 16.7 Å². The van der Waals surface area contributed by atoms with E-state index in [0.717, 1.165) is 16.7 Å². The summed E-state index contributed by atoms with van der Waals surface area (Å²) in [6, 6.07) is 10.0. The van der Waals surface area contributed by atoms with Crippen molar-refractivity contribution in [3.63, 3.8) is 0 Å². The molecule has 3 heterocycles. The van der Waals surface area contributed by atoms with Crippen LogP contribution in [0.5, 0.6) is 5.75 Å². The van der Waals surface area contributed by atoms with Crippen molar-refractivity contribution >= 4 is 22.7 Å². The van der Waals surface area contributed by atoms with Crippen LogP contribution in [0.2, 0.25) is 0 Å². The molecule has 10 heteroatoms. The lowest BCUT2D eigenvalue weighted by molar-refractivity contribution is -0.137. The summed E-state index contributed by atoms with van der Waals surface area (Å²) in [7, 11) is 0. The second-order valence-electron chi connectivity index (χ2n) is 8.36. The Bertz CT molecular complexity index is 1620. The van der Waals surface area contributed by atoms with E-state index in [1.165, 1.54) is 36.4 Å². The third kappa shape index (κ3) is 3.16. The lowest BCUT2D eigenvalue weighted by Crippen LogP contribution is -2.24. The van der Waals surface area contributed by atoms with E-state index in [9.17, 15) is 32.3 Å². The zero-order valence-corrected chi connectivity index (χ0v) is 18.5. The minimum Gasteiger partial charge on any atom is -0.505 e. The number of hydrogen-bond acceptors (Lipinski definition) is 5. The maximum atomic E-state index is 14.1. The van der Waals surface area contributed by atoms with Gasteiger partial charge in [-0.1, -0.05) is 43.8 Å². The van der Waals surface area contributed by atoms with Gasteiger partial charge in [-0.25, -0.2) is 9.18 Å². The van der Waals surface area contributed by atoms with E-state index in [1.54, 1.807) is 13.8 Å². The van der Waals surface area contributed by atoms with Gasteiger partial charge in [-0.2, -0.15) is 13.2 Å². The molecule has 0 radical (unpaired) electrons. The molecule has 2 aromatic carbocycles. The standard InChI is InChI=1S/C24H15F4NO4S/c1-23(2)12-8-7-11(24(26,27)28)9-14(12)29-17(23)10-15-18(21(29)31)19(30)20(22(32)33-15)34-16-6-4-3-5-13(16)25/h3-10,30H,1-2H3. The molecule has 174 valence electrons. The number of alkyl halides is 3. The Labute approximate surface area is 193 Å². The van der Waals surface area contributed by atoms with Gasteiger partial charge in [0.25, 0.3) is 5.56 Å². The van der Waals surface area contributed by atoms with Gasteiger partial charge >= 0.3 is 11.8 Å². The molecule has 0 atom stereocenters. The van der Waals surface area contributed by atoms with E-state index in [0.29, 0.717) is 23.0 Å². The van der Waals surface area contributed by atoms with Crippen molar-refractivity contribution in [1.29, 1.82) is 0 Å². The molecule has 0 saturated heterocycles. The van der Waals surface area contributed by atoms with Crippen molar-refractivity contribution in [3.05, 3.63) is 91.9 Å². The fourth-order valence-corrected chi connectivity index (χ4v) is 5.08. The Balaban J connectivity index is 1.81. The highest BCUT2D eigenvalue weighted by molar-refractivity contribution is 7.99. The topological polar surface area (TPSA) is 72.4 Å².